The molecule has 5 heteroatoms. The highest BCUT2D eigenvalue weighted by molar-refractivity contribution is 5.51. The Morgan fingerprint density at radius 3 is 2.67 bits per heavy atom. The molecule has 0 amide bonds. The van der Waals surface area contributed by atoms with Crippen molar-refractivity contribution in [2.24, 2.45) is 5.92 Å². The Balaban J connectivity index is 1.63. The Morgan fingerprint density at radius 1 is 1.25 bits per heavy atom. The molecule has 1 aliphatic heterocycles. The van der Waals surface area contributed by atoms with Gasteiger partial charge in [0.15, 0.2) is 0 Å². The average molecular weight is 329 g/mol. The van der Waals surface area contributed by atoms with E-state index in [1.165, 1.54) is 11.3 Å². The number of rotatable bonds is 6. The third-order valence-electron chi connectivity index (χ3n) is 5.01. The molecule has 0 atom stereocenters. The fraction of sp³-hybridized carbons (Fsp3) is 0.526. The van der Waals surface area contributed by atoms with Crippen molar-refractivity contribution in [1.29, 1.82) is 0 Å². The van der Waals surface area contributed by atoms with Crippen LogP contribution in [0.5, 0.6) is 0 Å². The fourth-order valence-corrected chi connectivity index (χ4v) is 3.34. The number of nitrogens with zero attached hydrogens (tertiary/aromatic N) is 2. The molecule has 2 aromatic rings. The van der Waals surface area contributed by atoms with Crippen molar-refractivity contribution >= 4 is 5.69 Å². The number of hydrogen-bond acceptors (Lipinski definition) is 5. The van der Waals surface area contributed by atoms with E-state index in [9.17, 15) is 5.11 Å². The zero-order chi connectivity index (χ0) is 16.9. The monoisotopic (exact) mass is 329 g/mol. The Bertz CT molecular complexity index is 641. The second kappa shape index (κ2) is 7.81. The minimum atomic E-state index is 0.323. The van der Waals surface area contributed by atoms with E-state index in [1.54, 1.807) is 0 Å². The summed E-state index contributed by atoms with van der Waals surface area (Å²) in [6.07, 6.45) is 2.18. The summed E-state index contributed by atoms with van der Waals surface area (Å²) in [6.45, 7) is 8.04. The van der Waals surface area contributed by atoms with Crippen LogP contribution in [0, 0.1) is 19.8 Å². The molecule has 0 unspecified atom stereocenters. The van der Waals surface area contributed by atoms with Crippen molar-refractivity contribution in [3.8, 4) is 0 Å². The molecule has 3 rings (SSSR count). The van der Waals surface area contributed by atoms with E-state index < -0.39 is 0 Å². The number of nitrogens with one attached hydrogen (secondary N) is 1. The lowest BCUT2D eigenvalue weighted by Crippen LogP contribution is -2.34. The largest absolute Gasteiger partial charge is 0.396 e. The first-order valence-electron chi connectivity index (χ1n) is 8.74. The molecule has 1 fully saturated rings. The maximum atomic E-state index is 9.28. The average Bonchev–Trinajstić information content (AvgIpc) is 2.93. The van der Waals surface area contributed by atoms with Crippen molar-refractivity contribution in [2.75, 3.05) is 25.0 Å². The first kappa shape index (κ1) is 17.0. The summed E-state index contributed by atoms with van der Waals surface area (Å²) in [6, 6.07) is 8.48. The number of aromatic nitrogens is 1. The summed E-state index contributed by atoms with van der Waals surface area (Å²) < 4.78 is 5.24. The third-order valence-corrected chi connectivity index (χ3v) is 5.01. The smallest absolute Gasteiger partial charge is 0.138 e. The molecule has 1 aliphatic rings. The zero-order valence-electron chi connectivity index (χ0n) is 14.6. The topological polar surface area (TPSA) is 61.5 Å². The molecule has 130 valence electrons. The van der Waals surface area contributed by atoms with Gasteiger partial charge in [-0.1, -0.05) is 23.4 Å². The van der Waals surface area contributed by atoms with Gasteiger partial charge in [0.25, 0.3) is 0 Å². The first-order chi connectivity index (χ1) is 11.7. The molecule has 0 radical (unpaired) electrons. The van der Waals surface area contributed by atoms with Crippen molar-refractivity contribution in [3.63, 3.8) is 0 Å². The van der Waals surface area contributed by atoms with Crippen LogP contribution in [-0.2, 0) is 13.1 Å². The van der Waals surface area contributed by atoms with E-state index in [1.807, 2.05) is 13.8 Å². The van der Waals surface area contributed by atoms with E-state index in [-0.39, 0.29) is 0 Å². The molecule has 1 saturated heterocycles. The summed E-state index contributed by atoms with van der Waals surface area (Å²) in [5.41, 5.74) is 4.56. The highest BCUT2D eigenvalue weighted by Crippen LogP contribution is 2.23. The lowest BCUT2D eigenvalue weighted by Gasteiger charge is -2.31. The standard InChI is InChI=1S/C19H27N3O2/c1-14-18(15(2)24-21-14)11-20-19-6-4-3-5-17(19)12-22-9-7-16(13-23)8-10-22/h3-6,16,20,23H,7-13H2,1-2H3. The van der Waals surface area contributed by atoms with E-state index in [0.717, 1.165) is 56.0 Å². The second-order valence-electron chi connectivity index (χ2n) is 6.72. The summed E-state index contributed by atoms with van der Waals surface area (Å²) in [5.74, 6) is 1.36. The van der Waals surface area contributed by atoms with Crippen LogP contribution in [0.2, 0.25) is 0 Å². The lowest BCUT2D eigenvalue weighted by atomic mass is 9.97. The van der Waals surface area contributed by atoms with E-state index in [0.29, 0.717) is 12.5 Å². The molecule has 0 saturated carbocycles. The number of hydrogen-bond donors (Lipinski definition) is 2. The van der Waals surface area contributed by atoms with Gasteiger partial charge in [-0.25, -0.2) is 0 Å². The summed E-state index contributed by atoms with van der Waals surface area (Å²) in [4.78, 5) is 2.47. The Kier molecular flexibility index (Phi) is 5.53. The second-order valence-corrected chi connectivity index (χ2v) is 6.72. The Labute approximate surface area is 143 Å². The van der Waals surface area contributed by atoms with Gasteiger partial charge < -0.3 is 14.9 Å². The summed E-state index contributed by atoms with van der Waals surface area (Å²) in [5, 5.41) is 16.8. The highest BCUT2D eigenvalue weighted by atomic mass is 16.5. The molecule has 0 spiro atoms. The SMILES string of the molecule is Cc1noc(C)c1CNc1ccccc1CN1CCC(CO)CC1. The number of likely N-dealkylation sites (tertiary alicyclic amines) is 1. The predicted molar refractivity (Wildman–Crippen MR) is 94.8 cm³/mol. The van der Waals surface area contributed by atoms with Crippen molar-refractivity contribution < 1.29 is 9.63 Å². The van der Waals surface area contributed by atoms with Crippen LogP contribution >= 0.6 is 0 Å². The number of benzene rings is 1. The van der Waals surface area contributed by atoms with E-state index in [2.05, 4.69) is 39.6 Å². The normalized spacial score (nSPS) is 16.5. The Morgan fingerprint density at radius 2 is 2.00 bits per heavy atom. The Hall–Kier alpha value is -1.85. The van der Waals surface area contributed by atoms with Crippen LogP contribution in [0.15, 0.2) is 28.8 Å². The molecular formula is C19H27N3O2. The van der Waals surface area contributed by atoms with Crippen LogP contribution in [0.1, 0.15) is 35.4 Å². The number of piperidine rings is 1. The molecule has 0 bridgehead atoms. The highest BCUT2D eigenvalue weighted by Gasteiger charge is 2.19. The zero-order valence-corrected chi connectivity index (χ0v) is 14.6. The number of aryl methyl sites for hydroxylation is 2. The van der Waals surface area contributed by atoms with Crippen LogP contribution in [0.3, 0.4) is 0 Å². The summed E-state index contributed by atoms with van der Waals surface area (Å²) >= 11 is 0. The lowest BCUT2D eigenvalue weighted by molar-refractivity contribution is 0.127. The maximum Gasteiger partial charge on any atom is 0.138 e. The van der Waals surface area contributed by atoms with Crippen molar-refractivity contribution in [1.82, 2.24) is 10.1 Å². The number of para-hydroxylation sites is 1. The molecule has 1 aromatic heterocycles. The van der Waals surface area contributed by atoms with Gasteiger partial charge in [0.05, 0.1) is 5.69 Å². The van der Waals surface area contributed by atoms with Gasteiger partial charge in [-0.15, -0.1) is 0 Å². The minimum absolute atomic E-state index is 0.323. The molecule has 0 aliphatic carbocycles. The quantitative estimate of drug-likeness (QED) is 0.853. The summed E-state index contributed by atoms with van der Waals surface area (Å²) in [7, 11) is 0. The van der Waals surface area contributed by atoms with Crippen molar-refractivity contribution in [3.05, 3.63) is 46.8 Å². The molecular weight excluding hydrogens is 302 g/mol. The predicted octanol–water partition coefficient (Wildman–Crippen LogP) is 3.11. The maximum absolute atomic E-state index is 9.28. The third kappa shape index (κ3) is 3.97. The van der Waals surface area contributed by atoms with Gasteiger partial charge in [0.2, 0.25) is 0 Å². The van der Waals surface area contributed by atoms with Gasteiger partial charge >= 0.3 is 0 Å². The molecule has 5 nitrogen and oxygen atoms in total. The number of anilines is 1. The van der Waals surface area contributed by atoms with Gasteiger partial charge in [-0.05, 0) is 57.3 Å². The van der Waals surface area contributed by atoms with Gasteiger partial charge in [0.1, 0.15) is 5.76 Å². The van der Waals surface area contributed by atoms with Crippen LogP contribution < -0.4 is 5.32 Å². The van der Waals surface area contributed by atoms with Gasteiger partial charge in [-0.2, -0.15) is 0 Å². The van der Waals surface area contributed by atoms with Gasteiger partial charge in [-0.3, -0.25) is 4.90 Å². The van der Waals surface area contributed by atoms with Crippen molar-refractivity contribution in [2.45, 2.75) is 39.8 Å². The fourth-order valence-electron chi connectivity index (χ4n) is 3.34. The molecule has 2 N–H and O–H groups in total. The number of aliphatic hydroxyl groups excluding tert-OH is 1. The minimum Gasteiger partial charge on any atom is -0.396 e. The van der Waals surface area contributed by atoms with Gasteiger partial charge in [0, 0.05) is 30.9 Å². The van der Waals surface area contributed by atoms with E-state index >= 15 is 0 Å². The van der Waals surface area contributed by atoms with E-state index in [4.69, 9.17) is 4.52 Å². The molecule has 24 heavy (non-hydrogen) atoms. The molecule has 1 aromatic carbocycles. The molecule has 2 heterocycles. The van der Waals surface area contributed by atoms with Crippen LogP contribution in [0.25, 0.3) is 0 Å². The first-order valence-corrected chi connectivity index (χ1v) is 8.74. The van der Waals surface area contributed by atoms with Crippen LogP contribution in [-0.4, -0.2) is 34.9 Å². The number of aliphatic hydroxyl groups is 1. The van der Waals surface area contributed by atoms with Crippen LogP contribution in [0.4, 0.5) is 5.69 Å².